The molecular weight excluding hydrogens is 234 g/mol. The van der Waals surface area contributed by atoms with Crippen LogP contribution in [0.4, 0.5) is 10.6 Å². The number of unbranched alkanes of at least 4 members (excludes halogenated alkanes) is 3. The largest absolute Gasteiger partial charge is 0.365 e. The second kappa shape index (κ2) is 7.31. The van der Waals surface area contributed by atoms with Crippen molar-refractivity contribution in [3.8, 4) is 0 Å². The number of anilines is 1. The van der Waals surface area contributed by atoms with Crippen LogP contribution in [0, 0.1) is 0 Å². The third kappa shape index (κ3) is 4.44. The van der Waals surface area contributed by atoms with Gasteiger partial charge in [0.25, 0.3) is 5.91 Å². The van der Waals surface area contributed by atoms with E-state index in [0.29, 0.717) is 6.54 Å². The number of urea groups is 1. The lowest BCUT2D eigenvalue weighted by atomic mass is 10.2. The fraction of sp³-hybridized carbons (Fsp3) is 0.545. The Balaban J connectivity index is 2.31. The van der Waals surface area contributed by atoms with Crippen LogP contribution in [0.25, 0.3) is 0 Å². The van der Waals surface area contributed by atoms with E-state index < -0.39 is 5.91 Å². The van der Waals surface area contributed by atoms with Crippen molar-refractivity contribution in [2.45, 2.75) is 32.6 Å². The molecule has 100 valence electrons. The zero-order valence-corrected chi connectivity index (χ0v) is 10.5. The fourth-order valence-electron chi connectivity index (χ4n) is 1.48. The summed E-state index contributed by atoms with van der Waals surface area (Å²) in [6, 6.07) is -0.377. The average molecular weight is 253 g/mol. The number of hydrogen-bond donors (Lipinski definition) is 4. The predicted octanol–water partition coefficient (Wildman–Crippen LogP) is 1.21. The molecule has 0 saturated carbocycles. The summed E-state index contributed by atoms with van der Waals surface area (Å²) >= 11 is 0. The summed E-state index contributed by atoms with van der Waals surface area (Å²) in [7, 11) is 0. The van der Waals surface area contributed by atoms with Crippen LogP contribution in [0.15, 0.2) is 6.20 Å². The molecule has 18 heavy (non-hydrogen) atoms. The van der Waals surface area contributed by atoms with E-state index in [4.69, 9.17) is 5.73 Å². The Morgan fingerprint density at radius 3 is 2.83 bits per heavy atom. The van der Waals surface area contributed by atoms with Crippen LogP contribution in [-0.4, -0.2) is 28.7 Å². The lowest BCUT2D eigenvalue weighted by molar-refractivity contribution is 0.100. The molecule has 0 aliphatic rings. The van der Waals surface area contributed by atoms with Crippen molar-refractivity contribution in [1.29, 1.82) is 0 Å². The van der Waals surface area contributed by atoms with Gasteiger partial charge in [-0.15, -0.1) is 0 Å². The van der Waals surface area contributed by atoms with Gasteiger partial charge in [-0.25, -0.2) is 4.79 Å². The maximum absolute atomic E-state index is 11.5. The maximum atomic E-state index is 11.5. The first kappa shape index (κ1) is 14.0. The number of nitrogens with one attached hydrogen (secondary N) is 3. The summed E-state index contributed by atoms with van der Waals surface area (Å²) < 4.78 is 0. The predicted molar refractivity (Wildman–Crippen MR) is 68.3 cm³/mol. The molecule has 3 amide bonds. The van der Waals surface area contributed by atoms with Gasteiger partial charge < -0.3 is 11.1 Å². The van der Waals surface area contributed by atoms with Gasteiger partial charge in [0, 0.05) is 6.54 Å². The highest BCUT2D eigenvalue weighted by atomic mass is 16.2. The van der Waals surface area contributed by atoms with Crippen LogP contribution in [0.5, 0.6) is 0 Å². The number of primary amides is 1. The Morgan fingerprint density at radius 1 is 1.39 bits per heavy atom. The van der Waals surface area contributed by atoms with E-state index in [-0.39, 0.29) is 17.4 Å². The smallest absolute Gasteiger partial charge is 0.320 e. The van der Waals surface area contributed by atoms with Crippen molar-refractivity contribution in [2.75, 3.05) is 11.9 Å². The molecule has 7 nitrogen and oxygen atoms in total. The van der Waals surface area contributed by atoms with E-state index in [1.54, 1.807) is 0 Å². The van der Waals surface area contributed by atoms with Crippen LogP contribution in [0.3, 0.4) is 0 Å². The molecule has 1 aromatic rings. The molecule has 1 rings (SSSR count). The Hall–Kier alpha value is -2.05. The molecule has 0 radical (unpaired) electrons. The lowest BCUT2D eigenvalue weighted by Gasteiger charge is -2.06. The summed E-state index contributed by atoms with van der Waals surface area (Å²) in [5.41, 5.74) is 5.28. The SMILES string of the molecule is CCCCCCNC(=O)Nc1[nH]ncc1C(N)=O. The van der Waals surface area contributed by atoms with Crippen molar-refractivity contribution in [2.24, 2.45) is 5.73 Å². The van der Waals surface area contributed by atoms with Crippen molar-refractivity contribution in [3.05, 3.63) is 11.8 Å². The Morgan fingerprint density at radius 2 is 2.17 bits per heavy atom. The van der Waals surface area contributed by atoms with Crippen LogP contribution in [-0.2, 0) is 0 Å². The summed E-state index contributed by atoms with van der Waals surface area (Å²) in [5.74, 6) is -0.421. The first-order chi connectivity index (χ1) is 8.65. The summed E-state index contributed by atoms with van der Waals surface area (Å²) in [6.07, 6.45) is 5.62. The number of hydrogen-bond acceptors (Lipinski definition) is 3. The average Bonchev–Trinajstić information content (AvgIpc) is 2.77. The van der Waals surface area contributed by atoms with E-state index in [0.717, 1.165) is 25.7 Å². The third-order valence-electron chi connectivity index (χ3n) is 2.46. The second-order valence-electron chi connectivity index (χ2n) is 3.96. The van der Waals surface area contributed by atoms with Gasteiger partial charge >= 0.3 is 6.03 Å². The quantitative estimate of drug-likeness (QED) is 0.548. The molecule has 1 aromatic heterocycles. The summed E-state index contributed by atoms with van der Waals surface area (Å²) in [4.78, 5) is 22.5. The number of amides is 3. The molecular formula is C11H19N5O2. The van der Waals surface area contributed by atoms with Gasteiger partial charge in [0.15, 0.2) is 0 Å². The number of carbonyl (C=O) groups is 2. The normalized spacial score (nSPS) is 10.1. The Bertz CT molecular complexity index is 402. The number of rotatable bonds is 7. The van der Waals surface area contributed by atoms with Crippen molar-refractivity contribution >= 4 is 17.8 Å². The molecule has 0 aromatic carbocycles. The van der Waals surface area contributed by atoms with E-state index in [1.807, 2.05) is 0 Å². The number of aromatic amines is 1. The number of carbonyl (C=O) groups excluding carboxylic acids is 2. The van der Waals surface area contributed by atoms with Gasteiger partial charge in [-0.2, -0.15) is 5.10 Å². The summed E-state index contributed by atoms with van der Waals surface area (Å²) in [5, 5.41) is 11.3. The van der Waals surface area contributed by atoms with E-state index in [9.17, 15) is 9.59 Å². The van der Waals surface area contributed by atoms with Gasteiger partial charge in [-0.05, 0) is 6.42 Å². The van der Waals surface area contributed by atoms with E-state index in [1.165, 1.54) is 6.20 Å². The van der Waals surface area contributed by atoms with Gasteiger partial charge in [-0.1, -0.05) is 26.2 Å². The zero-order valence-electron chi connectivity index (χ0n) is 10.5. The molecule has 0 aliphatic carbocycles. The minimum atomic E-state index is -0.637. The standard InChI is InChI=1S/C11H19N5O2/c1-2-3-4-5-6-13-11(18)15-10-8(9(12)17)7-14-16-10/h7H,2-6H2,1H3,(H2,12,17)(H3,13,14,15,16,18). The molecule has 5 N–H and O–H groups in total. The van der Waals surface area contributed by atoms with Crippen LogP contribution in [0.2, 0.25) is 0 Å². The molecule has 0 bridgehead atoms. The monoisotopic (exact) mass is 253 g/mol. The topological polar surface area (TPSA) is 113 Å². The van der Waals surface area contributed by atoms with Crippen LogP contribution < -0.4 is 16.4 Å². The molecule has 0 spiro atoms. The molecule has 0 saturated heterocycles. The van der Waals surface area contributed by atoms with Gasteiger partial charge in [0.2, 0.25) is 0 Å². The minimum absolute atomic E-state index is 0.163. The highest BCUT2D eigenvalue weighted by molar-refractivity contribution is 6.01. The minimum Gasteiger partial charge on any atom is -0.365 e. The van der Waals surface area contributed by atoms with E-state index in [2.05, 4.69) is 27.8 Å². The maximum Gasteiger partial charge on any atom is 0.320 e. The van der Waals surface area contributed by atoms with Crippen LogP contribution >= 0.6 is 0 Å². The van der Waals surface area contributed by atoms with Gasteiger partial charge in [0.1, 0.15) is 11.4 Å². The van der Waals surface area contributed by atoms with Crippen molar-refractivity contribution in [3.63, 3.8) is 0 Å². The van der Waals surface area contributed by atoms with Crippen LogP contribution in [0.1, 0.15) is 43.0 Å². The first-order valence-electron chi connectivity index (χ1n) is 6.03. The highest BCUT2D eigenvalue weighted by Crippen LogP contribution is 2.09. The van der Waals surface area contributed by atoms with Gasteiger partial charge in [-0.3, -0.25) is 15.2 Å². The Kier molecular flexibility index (Phi) is 5.69. The lowest BCUT2D eigenvalue weighted by Crippen LogP contribution is -2.30. The molecule has 0 fully saturated rings. The number of nitrogens with zero attached hydrogens (tertiary/aromatic N) is 1. The zero-order chi connectivity index (χ0) is 13.4. The molecule has 0 aliphatic heterocycles. The third-order valence-corrected chi connectivity index (χ3v) is 2.46. The highest BCUT2D eigenvalue weighted by Gasteiger charge is 2.12. The first-order valence-corrected chi connectivity index (χ1v) is 6.03. The molecule has 0 atom stereocenters. The molecule has 7 heteroatoms. The van der Waals surface area contributed by atoms with E-state index >= 15 is 0 Å². The molecule has 1 heterocycles. The number of aromatic nitrogens is 2. The fourth-order valence-corrected chi connectivity index (χ4v) is 1.48. The second-order valence-corrected chi connectivity index (χ2v) is 3.96. The summed E-state index contributed by atoms with van der Waals surface area (Å²) in [6.45, 7) is 2.73. The number of H-pyrrole nitrogens is 1. The van der Waals surface area contributed by atoms with Crippen molar-refractivity contribution < 1.29 is 9.59 Å². The number of nitrogens with two attached hydrogens (primary N) is 1. The van der Waals surface area contributed by atoms with Gasteiger partial charge in [0.05, 0.1) is 6.20 Å². The molecule has 0 unspecified atom stereocenters. The van der Waals surface area contributed by atoms with Crippen molar-refractivity contribution in [1.82, 2.24) is 15.5 Å². The Labute approximate surface area is 106 Å².